The fourth-order valence-corrected chi connectivity index (χ4v) is 6.24. The van der Waals surface area contributed by atoms with Gasteiger partial charge in [0.05, 0.1) is 17.6 Å². The normalized spacial score (nSPS) is 22.0. The Morgan fingerprint density at radius 3 is 2.94 bits per heavy atom. The summed E-state index contributed by atoms with van der Waals surface area (Å²) in [6, 6.07) is 6.28. The number of benzene rings is 1. The van der Waals surface area contributed by atoms with Crippen LogP contribution in [0.1, 0.15) is 49.4 Å². The molecule has 2 aliphatic heterocycles. The number of nitrogens with zero attached hydrogens (tertiary/aromatic N) is 3. The third-order valence-electron chi connectivity index (χ3n) is 6.43. The monoisotopic (exact) mass is 471 g/mol. The Hall–Kier alpha value is -2.75. The predicted octanol–water partition coefficient (Wildman–Crippen LogP) is 3.19. The molecule has 2 amide bonds. The Morgan fingerprint density at radius 1 is 1.15 bits per heavy atom. The van der Waals surface area contributed by atoms with Crippen LogP contribution in [0.2, 0.25) is 0 Å². The van der Waals surface area contributed by atoms with Crippen molar-refractivity contribution in [3.8, 4) is 0 Å². The minimum absolute atomic E-state index is 0.0334. The number of fused-ring (bicyclic) bond motifs is 2. The zero-order valence-electron chi connectivity index (χ0n) is 18.7. The van der Waals surface area contributed by atoms with Crippen molar-refractivity contribution >= 4 is 28.9 Å². The summed E-state index contributed by atoms with van der Waals surface area (Å²) in [5, 5.41) is 10.6. The van der Waals surface area contributed by atoms with Gasteiger partial charge in [0.25, 0.3) is 0 Å². The molecule has 0 radical (unpaired) electrons. The fourth-order valence-electron chi connectivity index (χ4n) is 4.69. The molecule has 5 rings (SSSR count). The third kappa shape index (κ3) is 4.95. The quantitative estimate of drug-likeness (QED) is 0.345. The smallest absolute Gasteiger partial charge is 0.408 e. The summed E-state index contributed by atoms with van der Waals surface area (Å²) in [6.45, 7) is 2.61. The van der Waals surface area contributed by atoms with Gasteiger partial charge in [-0.1, -0.05) is 17.6 Å². The Kier molecular flexibility index (Phi) is 6.43. The fraction of sp³-hybridized carbons (Fsp3) is 0.565. The number of urea groups is 1. The van der Waals surface area contributed by atoms with Gasteiger partial charge in [-0.2, -0.15) is 16.7 Å². The molecule has 2 N–H and O–H groups in total. The van der Waals surface area contributed by atoms with E-state index in [2.05, 4.69) is 20.8 Å². The number of oxazole rings is 1. The van der Waals surface area contributed by atoms with Gasteiger partial charge < -0.3 is 19.6 Å². The van der Waals surface area contributed by atoms with E-state index in [0.717, 1.165) is 67.6 Å². The summed E-state index contributed by atoms with van der Waals surface area (Å²) in [5.41, 5.74) is 2.58. The molecule has 33 heavy (non-hydrogen) atoms. The largest absolute Gasteiger partial charge is 0.419 e. The van der Waals surface area contributed by atoms with Crippen LogP contribution in [-0.4, -0.2) is 43.8 Å². The van der Waals surface area contributed by atoms with Crippen LogP contribution in [0.5, 0.6) is 0 Å². The van der Waals surface area contributed by atoms with E-state index < -0.39 is 0 Å². The zero-order valence-corrected chi connectivity index (χ0v) is 19.5. The number of carbonyl (C=O) groups excluding carboxylic acids is 1. The summed E-state index contributed by atoms with van der Waals surface area (Å²) in [4.78, 5) is 28.1. The van der Waals surface area contributed by atoms with E-state index in [-0.39, 0.29) is 23.9 Å². The van der Waals surface area contributed by atoms with E-state index in [4.69, 9.17) is 8.94 Å². The van der Waals surface area contributed by atoms with Gasteiger partial charge in [0.1, 0.15) is 0 Å². The van der Waals surface area contributed by atoms with Crippen molar-refractivity contribution in [1.82, 2.24) is 25.3 Å². The summed E-state index contributed by atoms with van der Waals surface area (Å²) in [6.07, 6.45) is 6.34. The van der Waals surface area contributed by atoms with Crippen molar-refractivity contribution in [1.29, 1.82) is 0 Å². The van der Waals surface area contributed by atoms with Gasteiger partial charge in [0, 0.05) is 30.4 Å². The molecule has 0 bridgehead atoms. The summed E-state index contributed by atoms with van der Waals surface area (Å²) >= 11 is 1.94. The second-order valence-corrected chi connectivity index (χ2v) is 10.2. The van der Waals surface area contributed by atoms with Crippen LogP contribution in [0.15, 0.2) is 31.9 Å². The van der Waals surface area contributed by atoms with Crippen LogP contribution in [0, 0.1) is 6.92 Å². The first-order valence-corrected chi connectivity index (χ1v) is 12.7. The number of hydrogen-bond donors (Lipinski definition) is 2. The number of aryl methyl sites for hydroxylation is 4. The molecule has 1 aromatic carbocycles. The highest BCUT2D eigenvalue weighted by molar-refractivity contribution is 8.00. The highest BCUT2D eigenvalue weighted by atomic mass is 32.2. The maximum atomic E-state index is 12.1. The standard InChI is InChI=1S/C23H29N5O4S/c1-14-9-10-17-16(12-14)28(23(30)31-17)11-5-4-7-19-25-20(32-27-19)8-3-2-6-18-21-15(13-33-18)24-22(29)26-21/h9-10,12,15,18,21H,2-8,11,13H2,1H3,(H2,24,26,29)/t15-,18-,21-/m0/s1. The molecule has 4 heterocycles. The lowest BCUT2D eigenvalue weighted by molar-refractivity contribution is 0.247. The number of carbonyl (C=O) groups is 1. The molecule has 2 saturated heterocycles. The molecular formula is C23H29N5O4S. The third-order valence-corrected chi connectivity index (χ3v) is 7.94. The molecule has 176 valence electrons. The lowest BCUT2D eigenvalue weighted by atomic mass is 10.0. The SMILES string of the molecule is Cc1ccc2oc(=O)n(CCCCc3noc(CCCC[C@@H]4SC[C@@H]5NC(=O)N[C@@H]54)n3)c2c1. The summed E-state index contributed by atoms with van der Waals surface area (Å²) < 4.78 is 12.4. The number of rotatable bonds is 10. The first kappa shape index (κ1) is 22.1. The first-order valence-electron chi connectivity index (χ1n) is 11.7. The Morgan fingerprint density at radius 2 is 2.03 bits per heavy atom. The molecule has 0 unspecified atom stereocenters. The van der Waals surface area contributed by atoms with Gasteiger partial charge >= 0.3 is 11.8 Å². The van der Waals surface area contributed by atoms with Crippen LogP contribution in [-0.2, 0) is 19.4 Å². The highest BCUT2D eigenvalue weighted by Gasteiger charge is 2.42. The number of unbranched alkanes of at least 4 members (excludes halogenated alkanes) is 2. The van der Waals surface area contributed by atoms with Crippen LogP contribution < -0.4 is 16.4 Å². The molecule has 3 atom stereocenters. The maximum Gasteiger partial charge on any atom is 0.419 e. The predicted molar refractivity (Wildman–Crippen MR) is 125 cm³/mol. The number of nitrogens with one attached hydrogen (secondary N) is 2. The second-order valence-electron chi connectivity index (χ2n) is 8.92. The summed E-state index contributed by atoms with van der Waals surface area (Å²) in [5.74, 6) is 2.09. The molecule has 0 spiro atoms. The zero-order chi connectivity index (χ0) is 22.8. The Labute approximate surface area is 195 Å². The van der Waals surface area contributed by atoms with Crippen LogP contribution in [0.4, 0.5) is 4.79 Å². The molecular weight excluding hydrogens is 442 g/mol. The van der Waals surface area contributed by atoms with Crippen molar-refractivity contribution in [2.45, 2.75) is 75.7 Å². The van der Waals surface area contributed by atoms with Gasteiger partial charge in [-0.05, 0) is 50.3 Å². The molecule has 0 aliphatic carbocycles. The Balaban J connectivity index is 1.02. The molecule has 2 aromatic heterocycles. The van der Waals surface area contributed by atoms with E-state index >= 15 is 0 Å². The van der Waals surface area contributed by atoms with Crippen LogP contribution in [0.3, 0.4) is 0 Å². The molecule has 2 fully saturated rings. The van der Waals surface area contributed by atoms with Gasteiger partial charge in [-0.15, -0.1) is 0 Å². The minimum Gasteiger partial charge on any atom is -0.408 e. The number of thioether (sulfide) groups is 1. The van der Waals surface area contributed by atoms with E-state index in [1.807, 2.05) is 36.9 Å². The summed E-state index contributed by atoms with van der Waals surface area (Å²) in [7, 11) is 0. The van der Waals surface area contributed by atoms with Gasteiger partial charge in [-0.3, -0.25) is 4.57 Å². The average Bonchev–Trinajstić information content (AvgIpc) is 3.54. The number of hydrogen-bond acceptors (Lipinski definition) is 7. The number of amides is 2. The number of aromatic nitrogens is 3. The van der Waals surface area contributed by atoms with Gasteiger partial charge in [0.2, 0.25) is 5.89 Å². The second kappa shape index (κ2) is 9.62. The molecule has 9 nitrogen and oxygen atoms in total. The lowest BCUT2D eigenvalue weighted by Crippen LogP contribution is -2.36. The minimum atomic E-state index is -0.310. The van der Waals surface area contributed by atoms with Crippen molar-refractivity contribution in [2.24, 2.45) is 0 Å². The molecule has 3 aromatic rings. The van der Waals surface area contributed by atoms with E-state index in [0.29, 0.717) is 23.3 Å². The topological polar surface area (TPSA) is 115 Å². The van der Waals surface area contributed by atoms with Crippen LogP contribution >= 0.6 is 11.8 Å². The Bertz CT molecular complexity index is 1190. The van der Waals surface area contributed by atoms with Gasteiger partial charge in [0.15, 0.2) is 11.4 Å². The van der Waals surface area contributed by atoms with Crippen molar-refractivity contribution in [3.63, 3.8) is 0 Å². The molecule has 0 saturated carbocycles. The molecule has 2 aliphatic rings. The van der Waals surface area contributed by atoms with E-state index in [9.17, 15) is 9.59 Å². The van der Waals surface area contributed by atoms with Crippen LogP contribution in [0.25, 0.3) is 11.1 Å². The van der Waals surface area contributed by atoms with E-state index in [1.165, 1.54) is 0 Å². The lowest BCUT2D eigenvalue weighted by Gasteiger charge is -2.16. The van der Waals surface area contributed by atoms with Crippen molar-refractivity contribution in [3.05, 3.63) is 46.0 Å². The van der Waals surface area contributed by atoms with Crippen molar-refractivity contribution < 1.29 is 13.7 Å². The average molecular weight is 472 g/mol. The van der Waals surface area contributed by atoms with E-state index in [1.54, 1.807) is 4.57 Å². The first-order chi connectivity index (χ1) is 16.1. The van der Waals surface area contributed by atoms with Gasteiger partial charge in [-0.25, -0.2) is 9.59 Å². The maximum absolute atomic E-state index is 12.1. The highest BCUT2D eigenvalue weighted by Crippen LogP contribution is 2.33. The van der Waals surface area contributed by atoms with Crippen molar-refractivity contribution in [2.75, 3.05) is 5.75 Å². The molecule has 10 heteroatoms.